The van der Waals surface area contributed by atoms with E-state index in [1.165, 1.54) is 33.6 Å². The molecular weight excluding hydrogens is 1570 g/mol. The third-order valence-corrected chi connectivity index (χ3v) is 16.8. The van der Waals surface area contributed by atoms with Gasteiger partial charge in [0.15, 0.2) is 0 Å². The van der Waals surface area contributed by atoms with Gasteiger partial charge in [-0.2, -0.15) is 0 Å². The van der Waals surface area contributed by atoms with E-state index in [0.29, 0.717) is 23.7 Å². The van der Waals surface area contributed by atoms with Crippen LogP contribution < -0.4 is 0 Å². The number of furan rings is 2. The third-order valence-electron chi connectivity index (χ3n) is 16.8. The molecule has 0 unspecified atom stereocenters. The molecule has 12 heteroatoms. The maximum Gasteiger partial charge on any atom is 0.149 e. The van der Waals surface area contributed by atoms with Gasteiger partial charge in [-0.25, -0.2) is 4.98 Å². The van der Waals surface area contributed by atoms with Gasteiger partial charge >= 0.3 is 0 Å². The molecule has 10 nitrogen and oxygen atoms in total. The summed E-state index contributed by atoms with van der Waals surface area (Å²) in [6.07, 6.45) is 3.58. The fourth-order valence-electron chi connectivity index (χ4n) is 12.3. The number of hydrogen-bond donors (Lipinski definition) is 2. The van der Waals surface area contributed by atoms with E-state index in [-0.39, 0.29) is 40.2 Å². The summed E-state index contributed by atoms with van der Waals surface area (Å²) in [4.78, 5) is 18.8. The summed E-state index contributed by atoms with van der Waals surface area (Å²) in [5.74, 6) is 3.28. The van der Waals surface area contributed by atoms with E-state index < -0.39 is 0 Å². The zero-order chi connectivity index (χ0) is 67.2. The predicted octanol–water partition coefficient (Wildman–Crippen LogP) is 21.8. The number of para-hydroxylation sites is 9. The molecule has 0 bridgehead atoms. The van der Waals surface area contributed by atoms with E-state index in [0.717, 1.165) is 125 Å². The molecule has 6 heterocycles. The van der Waals surface area contributed by atoms with Crippen LogP contribution in [0.4, 0.5) is 0 Å². The van der Waals surface area contributed by atoms with Gasteiger partial charge in [0.1, 0.15) is 22.6 Å². The van der Waals surface area contributed by atoms with Gasteiger partial charge < -0.3 is 33.6 Å². The van der Waals surface area contributed by atoms with E-state index in [4.69, 9.17) is 29.0 Å². The molecule has 0 aliphatic heterocycles. The standard InChI is InChI=1S/C31H28N2O.C31H27N2O.2C11H8N.2CH4O.2Ir/c2*1-19(2)21-12-9-13-22(20(3)4)29(21)33-27-17-7-6-16-26(27)32-31(33)25-15-10-14-24-23-11-5-8-18-28(23)34-30(24)25;2*1-2-6-10(7-3-1)11-8-4-5-9-12-11;2*1-2;;/h5-20H,1-4H3;5-14,16-20H,1-4H3;2*1-6,8-9H;2*2H,1H3;;/q;3*-1;;;;. The van der Waals surface area contributed by atoms with E-state index in [1.54, 1.807) is 12.4 Å². The second-order valence-electron chi connectivity index (χ2n) is 24.2. The third kappa shape index (κ3) is 15.3. The van der Waals surface area contributed by atoms with Crippen LogP contribution in [0, 0.1) is 18.2 Å². The minimum atomic E-state index is 0. The zero-order valence-corrected chi connectivity index (χ0v) is 61.5. The molecule has 0 saturated heterocycles. The summed E-state index contributed by atoms with van der Waals surface area (Å²) >= 11 is 0. The number of pyridine rings is 2. The Hall–Kier alpha value is -9.74. The Balaban J connectivity index is 0.000000163. The minimum Gasteiger partial charge on any atom is -0.501 e. The van der Waals surface area contributed by atoms with Crippen molar-refractivity contribution in [3.8, 4) is 56.7 Å². The van der Waals surface area contributed by atoms with Gasteiger partial charge in [0.25, 0.3) is 0 Å². The second kappa shape index (κ2) is 34.0. The molecule has 0 aliphatic rings. The van der Waals surface area contributed by atoms with Gasteiger partial charge in [-0.05, 0) is 112 Å². The van der Waals surface area contributed by atoms with Crippen LogP contribution in [0.1, 0.15) is 101 Å². The van der Waals surface area contributed by atoms with Gasteiger partial charge in [-0.3, -0.25) is 9.55 Å². The number of aliphatic hydroxyl groups excluding tert-OH is 2. The Morgan fingerprint density at radius 1 is 0.347 bits per heavy atom. The van der Waals surface area contributed by atoms with Crippen molar-refractivity contribution >= 4 is 65.9 Å². The number of imidazole rings is 2. The molecule has 0 aliphatic carbocycles. The maximum atomic E-state index is 7.00. The smallest absolute Gasteiger partial charge is 0.149 e. The largest absolute Gasteiger partial charge is 0.501 e. The Kier molecular flexibility index (Phi) is 25.1. The normalized spacial score (nSPS) is 10.9. The summed E-state index contributed by atoms with van der Waals surface area (Å²) in [6.45, 7) is 18.1. The van der Waals surface area contributed by atoms with Gasteiger partial charge in [-0.1, -0.05) is 200 Å². The number of nitrogens with zero attached hydrogens (tertiary/aromatic N) is 6. The van der Waals surface area contributed by atoms with E-state index in [9.17, 15) is 0 Å². The number of rotatable bonds is 10. The summed E-state index contributed by atoms with van der Waals surface area (Å²) in [6, 6.07) is 94.2. The van der Waals surface area contributed by atoms with Gasteiger partial charge in [0, 0.05) is 88.7 Å². The number of aliphatic hydroxyl groups is 2. The van der Waals surface area contributed by atoms with Crippen LogP contribution in [-0.2, 0) is 40.2 Å². The van der Waals surface area contributed by atoms with Crippen molar-refractivity contribution in [1.29, 1.82) is 0 Å². The van der Waals surface area contributed by atoms with Gasteiger partial charge in [0.05, 0.1) is 44.7 Å². The summed E-state index contributed by atoms with van der Waals surface area (Å²) in [5, 5.41) is 18.4. The number of aromatic nitrogens is 6. The van der Waals surface area contributed by atoms with Gasteiger partial charge in [-0.15, -0.1) is 90.0 Å². The Morgan fingerprint density at radius 2 is 0.735 bits per heavy atom. The van der Waals surface area contributed by atoms with Crippen LogP contribution in [0.2, 0.25) is 0 Å². The molecule has 2 radical (unpaired) electrons. The minimum absolute atomic E-state index is 0. The molecule has 0 fully saturated rings. The molecule has 6 aromatic heterocycles. The molecule has 0 amide bonds. The fraction of sp³-hybridized carbons (Fsp3) is 0.163. The Labute approximate surface area is 601 Å². The van der Waals surface area contributed by atoms with Crippen LogP contribution in [0.3, 0.4) is 0 Å². The van der Waals surface area contributed by atoms with E-state index in [1.807, 2.05) is 121 Å². The molecular formula is C86H79Ir2N6O4-3. The fourth-order valence-corrected chi connectivity index (χ4v) is 12.3. The SMILES string of the molecule is CC(C)c1cccc(C(C)C)c1-n1c(-c2[c-]ccc3c2oc2ccccc23)nc2ccccc21.CC(C)c1cccc(C(C)C)c1-n1c(-c2cccc3c2oc2ccccc23)nc2ccccc21.CO.CO.[Ir].[Ir].[c-]1ccccc1-c1ccccn1.[c-]1ccccc1-c1ccccn1. The van der Waals surface area contributed by atoms with Crippen molar-refractivity contribution in [2.45, 2.75) is 79.1 Å². The Bertz CT molecular complexity index is 4740. The molecule has 16 aromatic rings. The average Bonchev–Trinajstić information content (AvgIpc) is 1.57. The molecule has 16 rings (SSSR count). The van der Waals surface area contributed by atoms with Crippen molar-refractivity contribution in [3.63, 3.8) is 0 Å². The van der Waals surface area contributed by atoms with Crippen molar-refractivity contribution in [2.75, 3.05) is 14.2 Å². The monoisotopic (exact) mass is 1650 g/mol. The van der Waals surface area contributed by atoms with Crippen molar-refractivity contribution in [1.82, 2.24) is 29.1 Å². The van der Waals surface area contributed by atoms with Crippen LogP contribution in [-0.4, -0.2) is 53.5 Å². The van der Waals surface area contributed by atoms with E-state index >= 15 is 0 Å². The molecule has 98 heavy (non-hydrogen) atoms. The summed E-state index contributed by atoms with van der Waals surface area (Å²) in [7, 11) is 2.00. The van der Waals surface area contributed by atoms with Crippen LogP contribution >= 0.6 is 0 Å². The van der Waals surface area contributed by atoms with Crippen molar-refractivity contribution in [2.24, 2.45) is 0 Å². The maximum absolute atomic E-state index is 7.00. The number of benzene rings is 10. The van der Waals surface area contributed by atoms with Crippen LogP contribution in [0.15, 0.2) is 270 Å². The summed E-state index contributed by atoms with van der Waals surface area (Å²) in [5.41, 5.74) is 21.3. The molecule has 0 atom stereocenters. The zero-order valence-electron chi connectivity index (χ0n) is 56.7. The topological polar surface area (TPSA) is 128 Å². The molecule has 0 spiro atoms. The first-order valence-corrected chi connectivity index (χ1v) is 32.6. The Morgan fingerprint density at radius 3 is 1.18 bits per heavy atom. The summed E-state index contributed by atoms with van der Waals surface area (Å²) < 4.78 is 17.5. The number of hydrogen-bond acceptors (Lipinski definition) is 8. The van der Waals surface area contributed by atoms with Crippen LogP contribution in [0.5, 0.6) is 0 Å². The first kappa shape index (κ1) is 72.5. The molecule has 2 N–H and O–H groups in total. The van der Waals surface area contributed by atoms with Crippen molar-refractivity contribution < 1.29 is 59.3 Å². The predicted molar refractivity (Wildman–Crippen MR) is 396 cm³/mol. The number of fused-ring (bicyclic) bond motifs is 8. The quantitative estimate of drug-likeness (QED) is 0.130. The second-order valence-corrected chi connectivity index (χ2v) is 24.2. The first-order chi connectivity index (χ1) is 47.0. The molecule has 0 saturated carbocycles. The van der Waals surface area contributed by atoms with Crippen LogP contribution in [0.25, 0.3) is 123 Å². The molecule has 498 valence electrons. The van der Waals surface area contributed by atoms with E-state index in [2.05, 4.69) is 220 Å². The average molecular weight is 1650 g/mol. The van der Waals surface area contributed by atoms with Crippen molar-refractivity contribution in [3.05, 3.63) is 302 Å². The van der Waals surface area contributed by atoms with Gasteiger partial charge in [0.2, 0.25) is 0 Å². The molecule has 10 aromatic carbocycles. The first-order valence-electron chi connectivity index (χ1n) is 32.6.